The largest absolute Gasteiger partial charge is 0.453 e. The number of pyridine rings is 1. The van der Waals surface area contributed by atoms with Crippen LogP contribution in [0.15, 0.2) is 42.3 Å². The lowest BCUT2D eigenvalue weighted by atomic mass is 10.2. The monoisotopic (exact) mass is 342 g/mol. The topological polar surface area (TPSA) is 59.7 Å². The third-order valence-electron chi connectivity index (χ3n) is 3.12. The number of rotatable bonds is 3. The molecule has 0 saturated carbocycles. The van der Waals surface area contributed by atoms with E-state index in [4.69, 9.17) is 11.6 Å². The Morgan fingerprint density at radius 1 is 1.30 bits per heavy atom. The van der Waals surface area contributed by atoms with Crippen LogP contribution in [0, 0.1) is 0 Å². The SMILES string of the molecule is FC(F)(F)c1nnnn1CC1=CC=CN(c2ncccc2Cl)C1. The fourth-order valence-corrected chi connectivity index (χ4v) is 2.38. The van der Waals surface area contributed by atoms with E-state index in [9.17, 15) is 13.2 Å². The Bertz CT molecular complexity index is 767. The lowest BCUT2D eigenvalue weighted by Gasteiger charge is -2.24. The summed E-state index contributed by atoms with van der Waals surface area (Å²) < 4.78 is 39.1. The van der Waals surface area contributed by atoms with E-state index in [2.05, 4.69) is 20.5 Å². The molecule has 2 aromatic heterocycles. The minimum atomic E-state index is -4.60. The van der Waals surface area contributed by atoms with E-state index in [1.54, 1.807) is 41.6 Å². The van der Waals surface area contributed by atoms with Gasteiger partial charge in [-0.25, -0.2) is 9.67 Å². The molecule has 0 fully saturated rings. The average molecular weight is 343 g/mol. The van der Waals surface area contributed by atoms with Crippen LogP contribution in [0.3, 0.4) is 0 Å². The van der Waals surface area contributed by atoms with E-state index < -0.39 is 12.0 Å². The van der Waals surface area contributed by atoms with E-state index in [0.29, 0.717) is 23.0 Å². The van der Waals surface area contributed by atoms with Crippen LogP contribution >= 0.6 is 11.6 Å². The van der Waals surface area contributed by atoms with Crippen LogP contribution in [-0.2, 0) is 12.7 Å². The van der Waals surface area contributed by atoms with Gasteiger partial charge in [0.25, 0.3) is 5.82 Å². The Morgan fingerprint density at radius 2 is 2.13 bits per heavy atom. The Kier molecular flexibility index (Phi) is 4.03. The van der Waals surface area contributed by atoms with Gasteiger partial charge in [-0.3, -0.25) is 0 Å². The van der Waals surface area contributed by atoms with E-state index in [0.717, 1.165) is 4.68 Å². The van der Waals surface area contributed by atoms with Gasteiger partial charge in [0, 0.05) is 18.9 Å². The zero-order valence-corrected chi connectivity index (χ0v) is 12.3. The van der Waals surface area contributed by atoms with Crippen molar-refractivity contribution in [1.29, 1.82) is 0 Å². The standard InChI is InChI=1S/C13H10ClF3N6/c14-10-4-1-5-18-11(10)22-6-2-3-9(7-22)8-23-12(13(15,16)17)19-20-21-23/h1-6H,7-8H2. The van der Waals surface area contributed by atoms with Crippen LogP contribution < -0.4 is 4.90 Å². The third kappa shape index (κ3) is 3.34. The summed E-state index contributed by atoms with van der Waals surface area (Å²) in [7, 11) is 0. The molecule has 0 radical (unpaired) electrons. The fourth-order valence-electron chi connectivity index (χ4n) is 2.15. The van der Waals surface area contributed by atoms with Crippen molar-refractivity contribution in [3.8, 4) is 0 Å². The van der Waals surface area contributed by atoms with Crippen molar-refractivity contribution in [2.24, 2.45) is 0 Å². The van der Waals surface area contributed by atoms with Crippen molar-refractivity contribution in [3.05, 3.63) is 53.1 Å². The summed E-state index contributed by atoms with van der Waals surface area (Å²) in [6.07, 6.45) is 2.17. The molecule has 0 atom stereocenters. The smallest absolute Gasteiger partial charge is 0.328 e. The molecule has 0 aliphatic carbocycles. The maximum Gasteiger partial charge on any atom is 0.453 e. The van der Waals surface area contributed by atoms with E-state index >= 15 is 0 Å². The predicted molar refractivity (Wildman–Crippen MR) is 76.6 cm³/mol. The maximum absolute atomic E-state index is 12.8. The van der Waals surface area contributed by atoms with Gasteiger partial charge in [-0.1, -0.05) is 17.7 Å². The van der Waals surface area contributed by atoms with Crippen molar-refractivity contribution in [2.45, 2.75) is 12.7 Å². The van der Waals surface area contributed by atoms with Crippen LogP contribution in [0.25, 0.3) is 0 Å². The first-order valence-corrected chi connectivity index (χ1v) is 6.89. The van der Waals surface area contributed by atoms with Gasteiger partial charge in [-0.15, -0.1) is 5.10 Å². The molecular formula is C13H10ClF3N6. The summed E-state index contributed by atoms with van der Waals surface area (Å²) in [5, 5.41) is 9.98. The molecule has 23 heavy (non-hydrogen) atoms. The van der Waals surface area contributed by atoms with Gasteiger partial charge in [-0.2, -0.15) is 13.2 Å². The van der Waals surface area contributed by atoms with Gasteiger partial charge in [0.1, 0.15) is 0 Å². The molecule has 0 amide bonds. The summed E-state index contributed by atoms with van der Waals surface area (Å²) in [5.74, 6) is -0.598. The van der Waals surface area contributed by atoms with Crippen LogP contribution in [0.1, 0.15) is 5.82 Å². The minimum Gasteiger partial charge on any atom is -0.328 e. The molecule has 0 saturated heterocycles. The molecule has 6 nitrogen and oxygen atoms in total. The number of tetrazole rings is 1. The first kappa shape index (κ1) is 15.5. The number of halogens is 4. The predicted octanol–water partition coefficient (Wildman–Crippen LogP) is 2.70. The number of anilines is 1. The molecule has 0 aromatic carbocycles. The lowest BCUT2D eigenvalue weighted by Crippen LogP contribution is -2.26. The molecule has 3 rings (SSSR count). The van der Waals surface area contributed by atoms with Crippen molar-refractivity contribution in [1.82, 2.24) is 25.2 Å². The summed E-state index contributed by atoms with van der Waals surface area (Å²) >= 11 is 6.09. The van der Waals surface area contributed by atoms with Gasteiger partial charge in [0.2, 0.25) is 0 Å². The first-order valence-electron chi connectivity index (χ1n) is 6.52. The maximum atomic E-state index is 12.8. The van der Waals surface area contributed by atoms with Crippen molar-refractivity contribution < 1.29 is 13.2 Å². The van der Waals surface area contributed by atoms with Crippen LogP contribution in [-0.4, -0.2) is 31.7 Å². The summed E-state index contributed by atoms with van der Waals surface area (Å²) in [6, 6.07) is 3.39. The molecule has 0 N–H and O–H groups in total. The molecule has 1 aliphatic heterocycles. The van der Waals surface area contributed by atoms with E-state index in [1.165, 1.54) is 0 Å². The molecule has 2 aromatic rings. The van der Waals surface area contributed by atoms with Crippen molar-refractivity contribution in [2.75, 3.05) is 11.4 Å². The highest BCUT2D eigenvalue weighted by Gasteiger charge is 2.38. The van der Waals surface area contributed by atoms with Crippen LogP contribution in [0.5, 0.6) is 0 Å². The van der Waals surface area contributed by atoms with Crippen molar-refractivity contribution >= 4 is 17.4 Å². The minimum absolute atomic E-state index is 0.0763. The van der Waals surface area contributed by atoms with Gasteiger partial charge in [-0.05, 0) is 34.2 Å². The zero-order chi connectivity index (χ0) is 16.4. The molecule has 0 unspecified atom stereocenters. The fraction of sp³-hybridized carbons (Fsp3) is 0.231. The lowest BCUT2D eigenvalue weighted by molar-refractivity contribution is -0.147. The van der Waals surface area contributed by atoms with E-state index in [-0.39, 0.29) is 6.54 Å². The second-order valence-electron chi connectivity index (χ2n) is 4.76. The van der Waals surface area contributed by atoms with Gasteiger partial charge in [0.15, 0.2) is 5.82 Å². The highest BCUT2D eigenvalue weighted by atomic mass is 35.5. The molecule has 10 heteroatoms. The van der Waals surface area contributed by atoms with Crippen LogP contribution in [0.4, 0.5) is 19.0 Å². The second kappa shape index (κ2) is 5.99. The number of alkyl halides is 3. The Balaban J connectivity index is 1.79. The Morgan fingerprint density at radius 3 is 2.87 bits per heavy atom. The average Bonchev–Trinajstić information content (AvgIpc) is 2.96. The Labute approximate surface area is 133 Å². The molecule has 0 bridgehead atoms. The van der Waals surface area contributed by atoms with Crippen LogP contribution in [0.2, 0.25) is 5.02 Å². The van der Waals surface area contributed by atoms with Gasteiger partial charge in [0.05, 0.1) is 11.6 Å². The molecular weight excluding hydrogens is 333 g/mol. The number of allylic oxidation sites excluding steroid dienone is 2. The molecule has 0 spiro atoms. The highest BCUT2D eigenvalue weighted by Crippen LogP contribution is 2.28. The van der Waals surface area contributed by atoms with Gasteiger partial charge < -0.3 is 4.90 Å². The van der Waals surface area contributed by atoms with Gasteiger partial charge >= 0.3 is 6.18 Å². The highest BCUT2D eigenvalue weighted by molar-refractivity contribution is 6.32. The number of hydrogen-bond acceptors (Lipinski definition) is 5. The summed E-state index contributed by atoms with van der Waals surface area (Å²) in [5.41, 5.74) is 0.687. The van der Waals surface area contributed by atoms with Crippen molar-refractivity contribution in [3.63, 3.8) is 0 Å². The first-order chi connectivity index (χ1) is 10.9. The third-order valence-corrected chi connectivity index (χ3v) is 3.42. The zero-order valence-electron chi connectivity index (χ0n) is 11.6. The Hall–Kier alpha value is -2.42. The summed E-state index contributed by atoms with van der Waals surface area (Å²) in [6.45, 7) is 0.261. The summed E-state index contributed by atoms with van der Waals surface area (Å²) in [4.78, 5) is 5.92. The normalized spacial score (nSPS) is 15.0. The molecule has 1 aliphatic rings. The number of nitrogens with zero attached hydrogens (tertiary/aromatic N) is 6. The quantitative estimate of drug-likeness (QED) is 0.858. The number of hydrogen-bond donors (Lipinski definition) is 0. The molecule has 120 valence electrons. The number of aromatic nitrogens is 5. The van der Waals surface area contributed by atoms with E-state index in [1.807, 2.05) is 0 Å². The molecule has 3 heterocycles. The second-order valence-corrected chi connectivity index (χ2v) is 5.17.